The summed E-state index contributed by atoms with van der Waals surface area (Å²) >= 11 is 5.88. The van der Waals surface area contributed by atoms with Crippen LogP contribution in [-0.2, 0) is 11.2 Å². The number of amides is 1. The second-order valence-electron chi connectivity index (χ2n) is 11.1. The van der Waals surface area contributed by atoms with Crippen LogP contribution in [0.15, 0.2) is 30.7 Å². The van der Waals surface area contributed by atoms with Crippen molar-refractivity contribution >= 4 is 23.5 Å². The molecule has 2 aromatic rings. The van der Waals surface area contributed by atoms with E-state index in [1.807, 2.05) is 17.0 Å². The van der Waals surface area contributed by atoms with E-state index in [1.54, 1.807) is 18.6 Å². The van der Waals surface area contributed by atoms with Crippen LogP contribution in [0.25, 0.3) is 0 Å². The molecule has 0 spiro atoms. The molecule has 0 unspecified atom stereocenters. The Morgan fingerprint density at radius 1 is 0.976 bits per heavy atom. The van der Waals surface area contributed by atoms with Gasteiger partial charge in [0.2, 0.25) is 11.9 Å². The zero-order chi connectivity index (χ0) is 29.9. The molecule has 2 aromatic heterocycles. The summed E-state index contributed by atoms with van der Waals surface area (Å²) < 4.78 is 5.89. The molecule has 0 radical (unpaired) electrons. The number of aliphatic hydroxyl groups excluding tert-OH is 4. The number of piperazine rings is 1. The van der Waals surface area contributed by atoms with Gasteiger partial charge >= 0.3 is 0 Å². The van der Waals surface area contributed by atoms with Gasteiger partial charge in [-0.25, -0.2) is 9.97 Å². The van der Waals surface area contributed by atoms with E-state index >= 15 is 0 Å². The maximum atomic E-state index is 12.8. The molecule has 4 heterocycles. The molecule has 0 bridgehead atoms. The van der Waals surface area contributed by atoms with Crippen LogP contribution in [0.3, 0.4) is 0 Å². The molecule has 0 aromatic carbocycles. The minimum absolute atomic E-state index is 0.0195. The van der Waals surface area contributed by atoms with E-state index in [9.17, 15) is 20.1 Å². The highest BCUT2D eigenvalue weighted by molar-refractivity contribution is 6.30. The molecule has 232 valence electrons. The Morgan fingerprint density at radius 3 is 2.33 bits per heavy atom. The Kier molecular flexibility index (Phi) is 12.5. The first-order valence-corrected chi connectivity index (χ1v) is 15.2. The fourth-order valence-corrected chi connectivity index (χ4v) is 5.49. The molecule has 4 N–H and O–H groups in total. The van der Waals surface area contributed by atoms with Gasteiger partial charge in [0.15, 0.2) is 0 Å². The number of piperidine rings is 1. The normalized spacial score (nSPS) is 19.0. The predicted octanol–water partition coefficient (Wildman–Crippen LogP) is 0.752. The van der Waals surface area contributed by atoms with E-state index in [4.69, 9.17) is 21.4 Å². The number of aromatic nitrogens is 3. The zero-order valence-electron chi connectivity index (χ0n) is 24.0. The lowest BCUT2D eigenvalue weighted by molar-refractivity contribution is -0.132. The van der Waals surface area contributed by atoms with Crippen LogP contribution in [0.5, 0.6) is 5.75 Å². The quantitative estimate of drug-likeness (QED) is 0.225. The Hall–Kier alpha value is -2.61. The fraction of sp³-hybridized carbons (Fsp3) is 0.655. The van der Waals surface area contributed by atoms with E-state index in [-0.39, 0.29) is 18.7 Å². The van der Waals surface area contributed by atoms with Crippen LogP contribution in [0.4, 0.5) is 5.95 Å². The molecule has 12 nitrogen and oxygen atoms in total. The number of carbonyl (C=O) groups is 1. The average Bonchev–Trinajstić information content (AvgIpc) is 3.03. The number of hydrogen-bond acceptors (Lipinski definition) is 11. The summed E-state index contributed by atoms with van der Waals surface area (Å²) in [6.45, 7) is 4.91. The Balaban J connectivity index is 1.08. The second kappa shape index (κ2) is 16.3. The summed E-state index contributed by atoms with van der Waals surface area (Å²) in [5.41, 5.74) is 0.700. The number of aliphatic hydroxyl groups is 4. The topological polar surface area (TPSA) is 156 Å². The van der Waals surface area contributed by atoms with Crippen molar-refractivity contribution in [1.82, 2.24) is 24.8 Å². The van der Waals surface area contributed by atoms with Crippen LogP contribution >= 0.6 is 11.6 Å². The lowest BCUT2D eigenvalue weighted by Gasteiger charge is -2.35. The number of nitrogens with zero attached hydrogens (tertiary/aromatic N) is 6. The van der Waals surface area contributed by atoms with Gasteiger partial charge in [-0.3, -0.25) is 14.7 Å². The van der Waals surface area contributed by atoms with E-state index in [0.29, 0.717) is 61.7 Å². The maximum Gasteiger partial charge on any atom is 0.228 e. The molecule has 2 saturated heterocycles. The molecule has 2 aliphatic heterocycles. The van der Waals surface area contributed by atoms with Crippen molar-refractivity contribution in [2.24, 2.45) is 5.92 Å². The second-order valence-corrected chi connectivity index (χ2v) is 11.5. The van der Waals surface area contributed by atoms with E-state index < -0.39 is 24.9 Å². The largest absolute Gasteiger partial charge is 0.492 e. The van der Waals surface area contributed by atoms with Gasteiger partial charge in [0.25, 0.3) is 0 Å². The number of pyridine rings is 1. The van der Waals surface area contributed by atoms with Crippen molar-refractivity contribution < 1.29 is 30.0 Å². The molecule has 0 saturated carbocycles. The van der Waals surface area contributed by atoms with Crippen molar-refractivity contribution in [3.63, 3.8) is 0 Å². The first-order valence-electron chi connectivity index (χ1n) is 14.8. The minimum atomic E-state index is -1.38. The van der Waals surface area contributed by atoms with Gasteiger partial charge in [-0.2, -0.15) is 0 Å². The highest BCUT2D eigenvalue weighted by atomic mass is 35.5. The van der Waals surface area contributed by atoms with Crippen LogP contribution in [0.1, 0.15) is 37.8 Å². The molecule has 13 heteroatoms. The average molecular weight is 607 g/mol. The molecule has 1 amide bonds. The van der Waals surface area contributed by atoms with E-state index in [1.165, 1.54) is 0 Å². The Labute approximate surface area is 251 Å². The molecule has 3 atom stereocenters. The number of carbonyl (C=O) groups excluding carboxylic acids is 1. The third kappa shape index (κ3) is 9.72. The van der Waals surface area contributed by atoms with Crippen LogP contribution < -0.4 is 9.64 Å². The highest BCUT2D eigenvalue weighted by Crippen LogP contribution is 2.24. The standard InChI is InChI=1S/C29H43ClN6O6/c30-22-17-32-29(33-18-22)36-9-5-21(6-10-36)2-1-15-42-24-4-3-23(31-19-24)16-27(40)35-13-11-34(12-14-35)8-7-25(38)28(41)26(39)20-37/h3-4,17-19,21,25-26,28,37-39,41H,1-2,5-16,20H2/t25-,26-,28+/m1/s1. The summed E-state index contributed by atoms with van der Waals surface area (Å²) in [5, 5.41) is 38.7. The molecule has 2 fully saturated rings. The van der Waals surface area contributed by atoms with Gasteiger partial charge in [0.05, 0.1) is 49.4 Å². The van der Waals surface area contributed by atoms with Crippen LogP contribution in [0, 0.1) is 5.92 Å². The Morgan fingerprint density at radius 2 is 1.69 bits per heavy atom. The minimum Gasteiger partial charge on any atom is -0.492 e. The third-order valence-electron chi connectivity index (χ3n) is 8.10. The van der Waals surface area contributed by atoms with Gasteiger partial charge < -0.3 is 35.0 Å². The summed E-state index contributed by atoms with van der Waals surface area (Å²) in [5.74, 6) is 2.13. The first kappa shape index (κ1) is 32.3. The van der Waals surface area contributed by atoms with Crippen molar-refractivity contribution in [2.45, 2.75) is 56.8 Å². The van der Waals surface area contributed by atoms with Crippen molar-refractivity contribution in [1.29, 1.82) is 0 Å². The third-order valence-corrected chi connectivity index (χ3v) is 8.30. The summed E-state index contributed by atoms with van der Waals surface area (Å²) in [7, 11) is 0. The van der Waals surface area contributed by atoms with Crippen molar-refractivity contribution in [2.75, 3.05) is 63.9 Å². The van der Waals surface area contributed by atoms with Gasteiger partial charge in [-0.1, -0.05) is 11.6 Å². The molecule has 42 heavy (non-hydrogen) atoms. The predicted molar refractivity (Wildman–Crippen MR) is 157 cm³/mol. The molecule has 0 aliphatic carbocycles. The maximum absolute atomic E-state index is 12.8. The van der Waals surface area contributed by atoms with Crippen molar-refractivity contribution in [3.05, 3.63) is 41.4 Å². The number of rotatable bonds is 14. The van der Waals surface area contributed by atoms with E-state index in [2.05, 4.69) is 24.8 Å². The van der Waals surface area contributed by atoms with Gasteiger partial charge in [-0.15, -0.1) is 0 Å². The van der Waals surface area contributed by atoms with E-state index in [0.717, 1.165) is 44.7 Å². The fourth-order valence-electron chi connectivity index (χ4n) is 5.39. The van der Waals surface area contributed by atoms with Gasteiger partial charge in [0, 0.05) is 51.5 Å². The summed E-state index contributed by atoms with van der Waals surface area (Å²) in [6.07, 6.45) is 5.88. The number of anilines is 1. The summed E-state index contributed by atoms with van der Waals surface area (Å²) in [6, 6.07) is 3.71. The molecular formula is C29H43ClN6O6. The summed E-state index contributed by atoms with van der Waals surface area (Å²) in [4.78, 5) is 32.0. The van der Waals surface area contributed by atoms with Crippen LogP contribution in [-0.4, -0.2) is 128 Å². The smallest absolute Gasteiger partial charge is 0.228 e. The number of ether oxygens (including phenoxy) is 1. The van der Waals surface area contributed by atoms with Gasteiger partial charge in [-0.05, 0) is 50.2 Å². The lowest BCUT2D eigenvalue weighted by Crippen LogP contribution is -2.50. The lowest BCUT2D eigenvalue weighted by atomic mass is 9.92. The highest BCUT2D eigenvalue weighted by Gasteiger charge is 2.26. The number of hydrogen-bond donors (Lipinski definition) is 4. The Bertz CT molecular complexity index is 1080. The first-order chi connectivity index (χ1) is 20.3. The van der Waals surface area contributed by atoms with Gasteiger partial charge in [0.1, 0.15) is 18.0 Å². The molecule has 2 aliphatic rings. The van der Waals surface area contributed by atoms with Crippen molar-refractivity contribution in [3.8, 4) is 5.75 Å². The zero-order valence-corrected chi connectivity index (χ0v) is 24.7. The molecule has 4 rings (SSSR count). The monoisotopic (exact) mass is 606 g/mol. The van der Waals surface area contributed by atoms with Crippen LogP contribution in [0.2, 0.25) is 5.02 Å². The number of halogens is 1. The SMILES string of the molecule is O=C(Cc1ccc(OCCCC2CCN(c3ncc(Cl)cn3)CC2)cn1)N1CCN(CC[C@@H](O)[C@H](O)[C@H](O)CO)CC1. The molecular weight excluding hydrogens is 564 g/mol.